The molecule has 0 saturated carbocycles. The molecule has 0 aromatic heterocycles. The Kier molecular flexibility index (Phi) is 6.43. The first-order chi connectivity index (χ1) is 8.69. The average molecular weight is 313 g/mol. The minimum Gasteiger partial charge on any atom is -0.396 e. The van der Waals surface area contributed by atoms with Gasteiger partial charge in [0, 0.05) is 34.5 Å². The highest BCUT2D eigenvalue weighted by Gasteiger charge is 2.07. The number of hydrogen-bond acceptors (Lipinski definition) is 1. The number of aliphatic hydroxyl groups is 1. The number of halogens is 3. The molecule has 0 amide bonds. The Balaban J connectivity index is 2.82. The summed E-state index contributed by atoms with van der Waals surface area (Å²) in [6.45, 7) is 0.130. The maximum absolute atomic E-state index is 13.5. The second-order valence-corrected chi connectivity index (χ2v) is 3.91. The zero-order valence-electron chi connectivity index (χ0n) is 9.56. The van der Waals surface area contributed by atoms with Crippen LogP contribution in [-0.4, -0.2) is 11.7 Å². The fourth-order valence-electron chi connectivity index (χ4n) is 1.30. The summed E-state index contributed by atoms with van der Waals surface area (Å²) in [5.74, 6) is 6.34. The van der Waals surface area contributed by atoms with Gasteiger partial charge in [-0.2, -0.15) is 0 Å². The van der Waals surface area contributed by atoms with Crippen molar-refractivity contribution in [3.8, 4) is 22.6 Å². The lowest BCUT2D eigenvalue weighted by Crippen LogP contribution is -1.92. The molecule has 1 aromatic rings. The molecule has 0 heterocycles. The van der Waals surface area contributed by atoms with Gasteiger partial charge in [0.1, 0.15) is 11.6 Å². The van der Waals surface area contributed by atoms with Crippen LogP contribution in [0.5, 0.6) is 0 Å². The topological polar surface area (TPSA) is 20.2 Å². The average Bonchev–Trinajstić information content (AvgIpc) is 2.33. The van der Waals surface area contributed by atoms with Crippen LogP contribution in [0.25, 0.3) is 0 Å². The van der Waals surface area contributed by atoms with E-state index in [0.717, 1.165) is 18.6 Å². The predicted octanol–water partition coefficient (Wildman–Crippen LogP) is 3.18. The van der Waals surface area contributed by atoms with Gasteiger partial charge in [0.2, 0.25) is 0 Å². The van der Waals surface area contributed by atoms with Gasteiger partial charge < -0.3 is 5.11 Å². The minimum absolute atomic E-state index is 0.130. The van der Waals surface area contributed by atoms with Crippen LogP contribution in [0.4, 0.5) is 8.78 Å². The molecule has 0 bridgehead atoms. The van der Waals surface area contributed by atoms with E-state index in [1.807, 2.05) is 0 Å². The van der Waals surface area contributed by atoms with Crippen LogP contribution in [0, 0.1) is 34.2 Å². The molecule has 1 rings (SSSR count). The van der Waals surface area contributed by atoms with E-state index in [4.69, 9.17) is 5.11 Å². The van der Waals surface area contributed by atoms with Crippen molar-refractivity contribution in [1.82, 2.24) is 0 Å². The van der Waals surface area contributed by atoms with Gasteiger partial charge in [-0.25, -0.2) is 8.78 Å². The molecule has 1 N–H and O–H groups in total. The lowest BCUT2D eigenvalue weighted by Gasteiger charge is -1.98. The second-order valence-electron chi connectivity index (χ2n) is 3.52. The first kappa shape index (κ1) is 14.7. The number of benzene rings is 1. The van der Waals surface area contributed by atoms with Crippen LogP contribution < -0.4 is 0 Å². The van der Waals surface area contributed by atoms with E-state index >= 15 is 0 Å². The molecule has 0 aliphatic rings. The van der Waals surface area contributed by atoms with E-state index in [9.17, 15) is 8.78 Å². The van der Waals surface area contributed by atoms with Crippen molar-refractivity contribution in [3.63, 3.8) is 0 Å². The predicted molar refractivity (Wildman–Crippen MR) is 70.0 cm³/mol. The largest absolute Gasteiger partial charge is 0.396 e. The summed E-state index contributed by atoms with van der Waals surface area (Å²) in [6, 6.07) is 2.32. The maximum Gasteiger partial charge on any atom is 0.143 e. The van der Waals surface area contributed by atoms with Crippen LogP contribution in [-0.2, 0) is 0 Å². The van der Waals surface area contributed by atoms with Crippen LogP contribution >= 0.6 is 15.9 Å². The normalized spacial score (nSPS) is 9.11. The molecule has 0 saturated heterocycles. The van der Waals surface area contributed by atoms with E-state index in [2.05, 4.69) is 38.5 Å². The van der Waals surface area contributed by atoms with Crippen molar-refractivity contribution >= 4 is 15.9 Å². The van der Waals surface area contributed by atoms with Crippen LogP contribution in [0.3, 0.4) is 0 Å². The molecule has 0 fully saturated rings. The molecule has 18 heavy (non-hydrogen) atoms. The van der Waals surface area contributed by atoms with Crippen molar-refractivity contribution in [2.75, 3.05) is 6.61 Å². The standard InChI is InChI=1S/C14H11BrF2O/c15-7-6-12-13(16)9-11(10-14(12)17)5-3-1-2-4-8-18/h9-10,18H,1-2,4,8H2. The second kappa shape index (κ2) is 7.87. The Morgan fingerprint density at radius 1 is 1.11 bits per heavy atom. The number of aliphatic hydroxyl groups excluding tert-OH is 1. The Hall–Kier alpha value is -1.36. The van der Waals surface area contributed by atoms with Gasteiger partial charge in [-0.1, -0.05) is 11.8 Å². The fourth-order valence-corrected chi connectivity index (χ4v) is 1.50. The van der Waals surface area contributed by atoms with E-state index in [-0.39, 0.29) is 17.7 Å². The highest BCUT2D eigenvalue weighted by atomic mass is 79.9. The molecule has 1 aromatic carbocycles. The van der Waals surface area contributed by atoms with Crippen molar-refractivity contribution in [1.29, 1.82) is 0 Å². The highest BCUT2D eigenvalue weighted by Crippen LogP contribution is 2.14. The first-order valence-corrected chi connectivity index (χ1v) is 6.18. The summed E-state index contributed by atoms with van der Waals surface area (Å²) >= 11 is 2.80. The summed E-state index contributed by atoms with van der Waals surface area (Å²) in [7, 11) is 0. The van der Waals surface area contributed by atoms with Crippen molar-refractivity contribution in [2.24, 2.45) is 0 Å². The lowest BCUT2D eigenvalue weighted by molar-refractivity contribution is 0.285. The molecule has 0 radical (unpaired) electrons. The van der Waals surface area contributed by atoms with Crippen LogP contribution in [0.2, 0.25) is 0 Å². The van der Waals surface area contributed by atoms with Gasteiger partial charge >= 0.3 is 0 Å². The molecule has 0 atom stereocenters. The number of rotatable bonds is 3. The lowest BCUT2D eigenvalue weighted by atomic mass is 10.1. The van der Waals surface area contributed by atoms with E-state index < -0.39 is 11.6 Å². The summed E-state index contributed by atoms with van der Waals surface area (Å²) in [5.41, 5.74) is 0.0202. The molecule has 0 unspecified atom stereocenters. The quantitative estimate of drug-likeness (QED) is 0.671. The van der Waals surface area contributed by atoms with Crippen molar-refractivity contribution in [2.45, 2.75) is 19.3 Å². The fraction of sp³-hybridized carbons (Fsp3) is 0.286. The van der Waals surface area contributed by atoms with Crippen molar-refractivity contribution < 1.29 is 13.9 Å². The van der Waals surface area contributed by atoms with Gasteiger partial charge in [0.25, 0.3) is 0 Å². The minimum atomic E-state index is -0.721. The Morgan fingerprint density at radius 3 is 2.33 bits per heavy atom. The van der Waals surface area contributed by atoms with Crippen LogP contribution in [0.15, 0.2) is 12.1 Å². The van der Waals surface area contributed by atoms with Gasteiger partial charge in [-0.3, -0.25) is 0 Å². The Labute approximate surface area is 113 Å². The third-order valence-corrected chi connectivity index (χ3v) is 2.36. The van der Waals surface area contributed by atoms with Gasteiger partial charge in [-0.15, -0.1) is 0 Å². The SMILES string of the molecule is OCCCCC#Cc1cc(F)c(C#CBr)c(F)c1. The van der Waals surface area contributed by atoms with Crippen molar-refractivity contribution in [3.05, 3.63) is 34.9 Å². The molecule has 0 aliphatic heterocycles. The summed E-state index contributed by atoms with van der Waals surface area (Å²) < 4.78 is 26.9. The van der Waals surface area contributed by atoms with Gasteiger partial charge in [0.15, 0.2) is 0 Å². The first-order valence-electron chi connectivity index (χ1n) is 5.39. The molecular weight excluding hydrogens is 302 g/mol. The van der Waals surface area contributed by atoms with E-state index in [0.29, 0.717) is 12.8 Å². The maximum atomic E-state index is 13.5. The van der Waals surface area contributed by atoms with Gasteiger partial charge in [-0.05, 0) is 35.7 Å². The van der Waals surface area contributed by atoms with E-state index in [1.54, 1.807) is 0 Å². The molecule has 4 heteroatoms. The third-order valence-electron chi connectivity index (χ3n) is 2.16. The Morgan fingerprint density at radius 2 is 1.78 bits per heavy atom. The monoisotopic (exact) mass is 312 g/mol. The molecule has 0 aliphatic carbocycles. The number of unbranched alkanes of at least 4 members (excludes halogenated alkanes) is 2. The highest BCUT2D eigenvalue weighted by molar-refractivity contribution is 9.12. The third kappa shape index (κ3) is 4.49. The van der Waals surface area contributed by atoms with Crippen LogP contribution in [0.1, 0.15) is 30.4 Å². The summed E-state index contributed by atoms with van der Waals surface area (Å²) in [5, 5.41) is 8.57. The Bertz CT molecular complexity index is 509. The zero-order chi connectivity index (χ0) is 13.4. The molecule has 1 nitrogen and oxygen atoms in total. The smallest absolute Gasteiger partial charge is 0.143 e. The molecule has 0 spiro atoms. The molecule has 94 valence electrons. The number of hydrogen-bond donors (Lipinski definition) is 1. The van der Waals surface area contributed by atoms with Gasteiger partial charge in [0.05, 0.1) is 5.56 Å². The zero-order valence-corrected chi connectivity index (χ0v) is 11.2. The summed E-state index contributed by atoms with van der Waals surface area (Å²) in [4.78, 5) is 2.27. The molecular formula is C14H11BrF2O. The summed E-state index contributed by atoms with van der Waals surface area (Å²) in [6.07, 6.45) is 2.03. The van der Waals surface area contributed by atoms with E-state index in [1.165, 1.54) is 0 Å².